The number of hydrogen-bond donors (Lipinski definition) is 1. The zero-order valence-corrected chi connectivity index (χ0v) is 11.8. The standard InChI is InChI=1S/C13H16BrNO3/c1-15(6-9-2-4-10(14)5-3-9)12-8-18-7-11(12)13(16)17/h2-5,11-12H,6-8H2,1H3,(H,16,17). The molecule has 2 atom stereocenters. The molecule has 18 heavy (non-hydrogen) atoms. The normalized spacial score (nSPS) is 23.5. The zero-order chi connectivity index (χ0) is 13.1. The second-order valence-corrected chi connectivity index (χ2v) is 5.51. The lowest BCUT2D eigenvalue weighted by molar-refractivity contribution is -0.143. The van der Waals surface area contributed by atoms with Crippen molar-refractivity contribution in [3.8, 4) is 0 Å². The van der Waals surface area contributed by atoms with Crippen LogP contribution in [-0.4, -0.2) is 42.3 Å². The number of rotatable bonds is 4. The van der Waals surface area contributed by atoms with E-state index in [9.17, 15) is 4.79 Å². The fourth-order valence-corrected chi connectivity index (χ4v) is 2.47. The van der Waals surface area contributed by atoms with Gasteiger partial charge in [-0.05, 0) is 24.7 Å². The summed E-state index contributed by atoms with van der Waals surface area (Å²) in [7, 11) is 1.94. The molecule has 4 nitrogen and oxygen atoms in total. The third-order valence-electron chi connectivity index (χ3n) is 3.28. The number of ether oxygens (including phenoxy) is 1. The maximum Gasteiger partial charge on any atom is 0.310 e. The molecule has 0 saturated carbocycles. The Labute approximate surface area is 115 Å². The Hall–Kier alpha value is -0.910. The van der Waals surface area contributed by atoms with Gasteiger partial charge in [0.2, 0.25) is 0 Å². The molecule has 1 aliphatic heterocycles. The molecule has 1 aromatic carbocycles. The Balaban J connectivity index is 2.01. The molecule has 2 rings (SSSR count). The van der Waals surface area contributed by atoms with E-state index in [0.717, 1.165) is 16.6 Å². The first-order chi connectivity index (χ1) is 8.58. The van der Waals surface area contributed by atoms with Crippen LogP contribution in [-0.2, 0) is 16.1 Å². The monoisotopic (exact) mass is 313 g/mol. The van der Waals surface area contributed by atoms with Gasteiger partial charge in [-0.3, -0.25) is 9.69 Å². The number of aliphatic carboxylic acids is 1. The van der Waals surface area contributed by atoms with Gasteiger partial charge in [0.05, 0.1) is 19.1 Å². The summed E-state index contributed by atoms with van der Waals surface area (Å²) in [5, 5.41) is 9.12. The van der Waals surface area contributed by atoms with E-state index in [-0.39, 0.29) is 6.04 Å². The molecule has 1 saturated heterocycles. The van der Waals surface area contributed by atoms with Gasteiger partial charge in [0.25, 0.3) is 0 Å². The van der Waals surface area contributed by atoms with Crippen molar-refractivity contribution in [2.75, 3.05) is 20.3 Å². The summed E-state index contributed by atoms with van der Waals surface area (Å²) in [6.07, 6.45) is 0. The second-order valence-electron chi connectivity index (χ2n) is 4.59. The van der Waals surface area contributed by atoms with Crippen molar-refractivity contribution < 1.29 is 14.6 Å². The van der Waals surface area contributed by atoms with Gasteiger partial charge in [-0.2, -0.15) is 0 Å². The molecular weight excluding hydrogens is 298 g/mol. The van der Waals surface area contributed by atoms with Crippen LogP contribution in [0.15, 0.2) is 28.7 Å². The number of halogens is 1. The Kier molecular flexibility index (Phi) is 4.37. The quantitative estimate of drug-likeness (QED) is 0.923. The molecule has 0 spiro atoms. The first-order valence-electron chi connectivity index (χ1n) is 5.83. The van der Waals surface area contributed by atoms with Crippen LogP contribution in [0, 0.1) is 5.92 Å². The van der Waals surface area contributed by atoms with E-state index in [2.05, 4.69) is 20.8 Å². The first kappa shape index (κ1) is 13.5. The van der Waals surface area contributed by atoms with Crippen molar-refractivity contribution in [2.24, 2.45) is 5.92 Å². The molecule has 5 heteroatoms. The van der Waals surface area contributed by atoms with Crippen LogP contribution in [0.5, 0.6) is 0 Å². The number of carboxylic acids is 1. The van der Waals surface area contributed by atoms with Gasteiger partial charge < -0.3 is 9.84 Å². The van der Waals surface area contributed by atoms with Gasteiger partial charge in [-0.15, -0.1) is 0 Å². The lowest BCUT2D eigenvalue weighted by Crippen LogP contribution is -2.40. The largest absolute Gasteiger partial charge is 0.481 e. The number of nitrogens with zero attached hydrogens (tertiary/aromatic N) is 1. The molecule has 1 heterocycles. The maximum absolute atomic E-state index is 11.1. The molecule has 0 amide bonds. The first-order valence-corrected chi connectivity index (χ1v) is 6.62. The number of hydrogen-bond acceptors (Lipinski definition) is 3. The van der Waals surface area contributed by atoms with Gasteiger partial charge in [0.1, 0.15) is 0 Å². The highest BCUT2D eigenvalue weighted by molar-refractivity contribution is 9.10. The summed E-state index contributed by atoms with van der Waals surface area (Å²) in [5.41, 5.74) is 1.16. The fourth-order valence-electron chi connectivity index (χ4n) is 2.21. The topological polar surface area (TPSA) is 49.8 Å². The molecule has 98 valence electrons. The van der Waals surface area contributed by atoms with Gasteiger partial charge >= 0.3 is 5.97 Å². The summed E-state index contributed by atoms with van der Waals surface area (Å²) in [4.78, 5) is 13.2. The molecular formula is C13H16BrNO3. The van der Waals surface area contributed by atoms with E-state index in [1.165, 1.54) is 0 Å². The van der Waals surface area contributed by atoms with E-state index >= 15 is 0 Å². The van der Waals surface area contributed by atoms with Crippen LogP contribution >= 0.6 is 15.9 Å². The molecule has 0 bridgehead atoms. The molecule has 0 aliphatic carbocycles. The van der Waals surface area contributed by atoms with Crippen LogP contribution in [0.1, 0.15) is 5.56 Å². The molecule has 1 aliphatic rings. The molecule has 2 unspecified atom stereocenters. The minimum atomic E-state index is -0.778. The maximum atomic E-state index is 11.1. The SMILES string of the molecule is CN(Cc1ccc(Br)cc1)C1COCC1C(=O)O. The van der Waals surface area contributed by atoms with Crippen LogP contribution in [0.2, 0.25) is 0 Å². The highest BCUT2D eigenvalue weighted by Crippen LogP contribution is 2.21. The average molecular weight is 314 g/mol. The molecule has 0 radical (unpaired) electrons. The van der Waals surface area contributed by atoms with Crippen molar-refractivity contribution in [2.45, 2.75) is 12.6 Å². The highest BCUT2D eigenvalue weighted by atomic mass is 79.9. The number of carbonyl (C=O) groups is 1. The van der Waals surface area contributed by atoms with E-state index in [0.29, 0.717) is 13.2 Å². The predicted octanol–water partition coefficient (Wildman–Crippen LogP) is 1.98. The zero-order valence-electron chi connectivity index (χ0n) is 10.2. The van der Waals surface area contributed by atoms with E-state index in [1.807, 2.05) is 31.3 Å². The molecule has 0 aromatic heterocycles. The third-order valence-corrected chi connectivity index (χ3v) is 3.81. The Morgan fingerprint density at radius 3 is 2.72 bits per heavy atom. The summed E-state index contributed by atoms with van der Waals surface area (Å²) < 4.78 is 6.32. The van der Waals surface area contributed by atoms with Crippen molar-refractivity contribution in [1.29, 1.82) is 0 Å². The molecule has 1 N–H and O–H groups in total. The lowest BCUT2D eigenvalue weighted by Gasteiger charge is -2.26. The minimum Gasteiger partial charge on any atom is -0.481 e. The second kappa shape index (κ2) is 5.82. The average Bonchev–Trinajstić information content (AvgIpc) is 2.81. The molecule has 1 aromatic rings. The number of likely N-dealkylation sites (N-methyl/N-ethyl adjacent to an activating group) is 1. The number of carboxylic acid groups (broad SMARTS) is 1. The minimum absolute atomic E-state index is 0.0499. The van der Waals surface area contributed by atoms with Gasteiger partial charge in [0.15, 0.2) is 0 Å². The van der Waals surface area contributed by atoms with E-state index in [1.54, 1.807) is 0 Å². The lowest BCUT2D eigenvalue weighted by atomic mass is 10.0. The van der Waals surface area contributed by atoms with Crippen LogP contribution in [0.4, 0.5) is 0 Å². The van der Waals surface area contributed by atoms with Gasteiger partial charge in [-0.1, -0.05) is 28.1 Å². The molecule has 1 fully saturated rings. The summed E-state index contributed by atoms with van der Waals surface area (Å²) in [5.74, 6) is -1.20. The number of benzene rings is 1. The Bertz CT molecular complexity index is 421. The third kappa shape index (κ3) is 3.10. The van der Waals surface area contributed by atoms with Crippen LogP contribution in [0.25, 0.3) is 0 Å². The van der Waals surface area contributed by atoms with E-state index < -0.39 is 11.9 Å². The predicted molar refractivity (Wildman–Crippen MR) is 71.3 cm³/mol. The highest BCUT2D eigenvalue weighted by Gasteiger charge is 2.36. The van der Waals surface area contributed by atoms with E-state index in [4.69, 9.17) is 9.84 Å². The van der Waals surface area contributed by atoms with Crippen molar-refractivity contribution in [1.82, 2.24) is 4.90 Å². The van der Waals surface area contributed by atoms with Crippen molar-refractivity contribution in [3.63, 3.8) is 0 Å². The summed E-state index contributed by atoms with van der Waals surface area (Å²) >= 11 is 3.40. The van der Waals surface area contributed by atoms with Gasteiger partial charge in [-0.25, -0.2) is 0 Å². The fraction of sp³-hybridized carbons (Fsp3) is 0.462. The Morgan fingerprint density at radius 1 is 1.44 bits per heavy atom. The van der Waals surface area contributed by atoms with Crippen LogP contribution < -0.4 is 0 Å². The van der Waals surface area contributed by atoms with Gasteiger partial charge in [0, 0.05) is 17.1 Å². The Morgan fingerprint density at radius 2 is 2.11 bits per heavy atom. The van der Waals surface area contributed by atoms with Crippen molar-refractivity contribution >= 4 is 21.9 Å². The summed E-state index contributed by atoms with van der Waals surface area (Å²) in [6, 6.07) is 8.00. The smallest absolute Gasteiger partial charge is 0.310 e. The van der Waals surface area contributed by atoms with Crippen LogP contribution in [0.3, 0.4) is 0 Å². The summed E-state index contributed by atoms with van der Waals surface area (Å²) in [6.45, 7) is 1.53. The van der Waals surface area contributed by atoms with Crippen molar-refractivity contribution in [3.05, 3.63) is 34.3 Å².